The van der Waals surface area contributed by atoms with Gasteiger partial charge in [-0.3, -0.25) is 0 Å². The summed E-state index contributed by atoms with van der Waals surface area (Å²) in [6.07, 6.45) is -5.19. The molecule has 1 aromatic heterocycles. The number of pyridine rings is 1. The summed E-state index contributed by atoms with van der Waals surface area (Å²) in [5, 5.41) is -1.12. The van der Waals surface area contributed by atoms with E-state index >= 15 is 0 Å². The van der Waals surface area contributed by atoms with Crippen LogP contribution in [0.2, 0.25) is 0 Å². The second-order valence-electron chi connectivity index (χ2n) is 2.77. The molecule has 0 saturated heterocycles. The third kappa shape index (κ3) is 3.60. The van der Waals surface area contributed by atoms with Crippen molar-refractivity contribution in [1.82, 2.24) is 4.98 Å². The fourth-order valence-electron chi connectivity index (χ4n) is 0.948. The quantitative estimate of drug-likeness (QED) is 0.631. The average Bonchev–Trinajstić information content (AvgIpc) is 2.13. The van der Waals surface area contributed by atoms with Crippen LogP contribution >= 0.6 is 10.7 Å². The van der Waals surface area contributed by atoms with E-state index in [0.29, 0.717) is 6.07 Å². The summed E-state index contributed by atoms with van der Waals surface area (Å²) < 4.78 is 78.6. The number of methoxy groups -OCH3 is 1. The molecule has 0 radical (unpaired) electrons. The number of nitrogens with zero attached hydrogens (tertiary/aromatic N) is 1. The number of aromatic nitrogens is 1. The van der Waals surface area contributed by atoms with E-state index in [4.69, 9.17) is 10.7 Å². The molecule has 0 atom stereocenters. The fourth-order valence-corrected chi connectivity index (χ4v) is 1.62. The Labute approximate surface area is 103 Å². The Bertz CT molecular complexity index is 559. The molecule has 0 aliphatic heterocycles. The minimum Gasteiger partial charge on any atom is -0.489 e. The molecule has 0 unspecified atom stereocenters. The zero-order chi connectivity index (χ0) is 14.1. The molecule has 11 heteroatoms. The lowest BCUT2D eigenvalue weighted by Gasteiger charge is -2.12. The fraction of sp³-hybridized carbons (Fsp3) is 0.286. The van der Waals surface area contributed by atoms with E-state index < -0.39 is 37.9 Å². The predicted octanol–water partition coefficient (Wildman–Crippen LogP) is 2.06. The van der Waals surface area contributed by atoms with E-state index in [-0.39, 0.29) is 0 Å². The van der Waals surface area contributed by atoms with Gasteiger partial charge in [0.2, 0.25) is 5.75 Å². The number of halogens is 5. The number of ether oxygens (including phenoxy) is 2. The molecule has 0 saturated carbocycles. The molecule has 1 heterocycles. The van der Waals surface area contributed by atoms with Crippen molar-refractivity contribution in [2.45, 2.75) is 11.4 Å². The molecule has 0 fully saturated rings. The first-order valence-electron chi connectivity index (χ1n) is 3.99. The van der Waals surface area contributed by atoms with Gasteiger partial charge < -0.3 is 9.47 Å². The molecule has 0 spiro atoms. The Morgan fingerprint density at radius 3 is 2.33 bits per heavy atom. The van der Waals surface area contributed by atoms with Crippen molar-refractivity contribution in [2.24, 2.45) is 0 Å². The second-order valence-corrected chi connectivity index (χ2v) is 5.28. The van der Waals surface area contributed by atoms with Gasteiger partial charge in [0.05, 0.1) is 7.11 Å². The van der Waals surface area contributed by atoms with Gasteiger partial charge in [0.15, 0.2) is 10.8 Å². The summed E-state index contributed by atoms with van der Waals surface area (Å²) in [5.74, 6) is -3.79. The lowest BCUT2D eigenvalue weighted by Crippen LogP contribution is -2.19. The largest absolute Gasteiger partial charge is 0.574 e. The smallest absolute Gasteiger partial charge is 0.489 e. The zero-order valence-electron chi connectivity index (χ0n) is 8.46. The monoisotopic (exact) mass is 309 g/mol. The topological polar surface area (TPSA) is 65.5 Å². The highest BCUT2D eigenvalue weighted by Crippen LogP contribution is 2.34. The molecule has 102 valence electrons. The second kappa shape index (κ2) is 4.76. The standard InChI is InChI=1S/C7H4ClF4NO4S/c1-16-5-3(9)2-4(18(8,14)15)13-6(5)17-7(10,11)12/h2H,1H3. The average molecular weight is 310 g/mol. The molecule has 0 bridgehead atoms. The maximum absolute atomic E-state index is 13.3. The van der Waals surface area contributed by atoms with E-state index in [1.165, 1.54) is 0 Å². The third-order valence-corrected chi connectivity index (χ3v) is 2.72. The summed E-state index contributed by atoms with van der Waals surface area (Å²) in [6.45, 7) is 0. The van der Waals surface area contributed by atoms with Crippen molar-refractivity contribution < 1.29 is 35.5 Å². The molecule has 1 aromatic rings. The molecule has 0 aliphatic rings. The predicted molar refractivity (Wildman–Crippen MR) is 50.5 cm³/mol. The van der Waals surface area contributed by atoms with E-state index in [1.807, 2.05) is 0 Å². The van der Waals surface area contributed by atoms with Gasteiger partial charge in [0.1, 0.15) is 0 Å². The van der Waals surface area contributed by atoms with Crippen LogP contribution in [0.25, 0.3) is 0 Å². The number of hydrogen-bond acceptors (Lipinski definition) is 5. The molecule has 1 rings (SSSR count). The van der Waals surface area contributed by atoms with Crippen LogP contribution in [0.5, 0.6) is 11.6 Å². The molecule has 18 heavy (non-hydrogen) atoms. The van der Waals surface area contributed by atoms with Crippen LogP contribution in [0.15, 0.2) is 11.1 Å². The van der Waals surface area contributed by atoms with E-state index in [1.54, 1.807) is 0 Å². The molecule has 0 aromatic carbocycles. The normalized spacial score (nSPS) is 12.3. The molecule has 0 amide bonds. The summed E-state index contributed by atoms with van der Waals surface area (Å²) in [7, 11) is 1.18. The highest BCUT2D eigenvalue weighted by molar-refractivity contribution is 8.13. The van der Waals surface area contributed by atoms with Gasteiger partial charge in [-0.15, -0.1) is 13.2 Å². The highest BCUT2D eigenvalue weighted by Gasteiger charge is 2.35. The summed E-state index contributed by atoms with van der Waals surface area (Å²) in [6, 6.07) is 0.310. The SMILES string of the molecule is COc1c(F)cc(S(=O)(=O)Cl)nc1OC(F)(F)F. The molecule has 5 nitrogen and oxygen atoms in total. The van der Waals surface area contributed by atoms with Gasteiger partial charge in [0.25, 0.3) is 14.9 Å². The third-order valence-electron chi connectivity index (χ3n) is 1.54. The lowest BCUT2D eigenvalue weighted by atomic mass is 10.4. The van der Waals surface area contributed by atoms with Gasteiger partial charge in [-0.05, 0) is 0 Å². The molecule has 0 N–H and O–H groups in total. The van der Waals surface area contributed by atoms with Gasteiger partial charge >= 0.3 is 6.36 Å². The zero-order valence-corrected chi connectivity index (χ0v) is 10.0. The molecular formula is C7H4ClF4NO4S. The van der Waals surface area contributed by atoms with Crippen molar-refractivity contribution in [3.8, 4) is 11.6 Å². The number of hydrogen-bond donors (Lipinski definition) is 0. The maximum atomic E-state index is 13.3. The van der Waals surface area contributed by atoms with Crippen LogP contribution in [-0.2, 0) is 9.05 Å². The lowest BCUT2D eigenvalue weighted by molar-refractivity contribution is -0.276. The van der Waals surface area contributed by atoms with Crippen molar-refractivity contribution in [3.05, 3.63) is 11.9 Å². The number of rotatable bonds is 3. The van der Waals surface area contributed by atoms with E-state index in [0.717, 1.165) is 7.11 Å². The van der Waals surface area contributed by atoms with Crippen LogP contribution in [0.3, 0.4) is 0 Å². The minimum atomic E-state index is -5.19. The van der Waals surface area contributed by atoms with Gasteiger partial charge in [-0.25, -0.2) is 12.8 Å². The Hall–Kier alpha value is -1.29. The van der Waals surface area contributed by atoms with Crippen molar-refractivity contribution >= 4 is 19.7 Å². The van der Waals surface area contributed by atoms with Crippen LogP contribution in [0, 0.1) is 5.82 Å². The van der Waals surface area contributed by atoms with Crippen LogP contribution in [-0.4, -0.2) is 26.9 Å². The van der Waals surface area contributed by atoms with Crippen LogP contribution in [0.4, 0.5) is 17.6 Å². The van der Waals surface area contributed by atoms with Crippen molar-refractivity contribution in [2.75, 3.05) is 7.11 Å². The first kappa shape index (κ1) is 14.8. The molecule has 0 aliphatic carbocycles. The van der Waals surface area contributed by atoms with E-state index in [2.05, 4.69) is 14.5 Å². The Balaban J connectivity index is 3.42. The highest BCUT2D eigenvalue weighted by atomic mass is 35.7. The summed E-state index contributed by atoms with van der Waals surface area (Å²) in [5.41, 5.74) is 0. The Kier molecular flexibility index (Phi) is 3.91. The van der Waals surface area contributed by atoms with Crippen LogP contribution < -0.4 is 9.47 Å². The maximum Gasteiger partial charge on any atom is 0.574 e. The van der Waals surface area contributed by atoms with E-state index in [9.17, 15) is 26.0 Å². The number of alkyl halides is 3. The van der Waals surface area contributed by atoms with Crippen molar-refractivity contribution in [1.29, 1.82) is 0 Å². The molecular weight excluding hydrogens is 306 g/mol. The first-order valence-corrected chi connectivity index (χ1v) is 6.30. The van der Waals surface area contributed by atoms with Gasteiger partial charge in [-0.1, -0.05) is 0 Å². The van der Waals surface area contributed by atoms with Gasteiger partial charge in [0, 0.05) is 16.7 Å². The van der Waals surface area contributed by atoms with Crippen molar-refractivity contribution in [3.63, 3.8) is 0 Å². The Morgan fingerprint density at radius 1 is 1.39 bits per heavy atom. The van der Waals surface area contributed by atoms with Gasteiger partial charge in [-0.2, -0.15) is 4.98 Å². The first-order chi connectivity index (χ1) is 8.04. The minimum absolute atomic E-state index is 0.310. The summed E-state index contributed by atoms with van der Waals surface area (Å²) in [4.78, 5) is 2.93. The van der Waals surface area contributed by atoms with Crippen LogP contribution in [0.1, 0.15) is 0 Å². The summed E-state index contributed by atoms with van der Waals surface area (Å²) >= 11 is 0. The Morgan fingerprint density at radius 2 is 1.94 bits per heavy atom.